The van der Waals surface area contributed by atoms with Gasteiger partial charge in [0.05, 0.1) is 6.04 Å². The van der Waals surface area contributed by atoms with Gasteiger partial charge in [-0.3, -0.25) is 19.2 Å². The summed E-state index contributed by atoms with van der Waals surface area (Å²) >= 11 is 4.00. The van der Waals surface area contributed by atoms with Crippen molar-refractivity contribution in [3.05, 3.63) is 36.0 Å². The third-order valence-electron chi connectivity index (χ3n) is 4.43. The number of para-hydroxylation sites is 1. The van der Waals surface area contributed by atoms with Crippen LogP contribution in [-0.2, 0) is 25.6 Å². The Morgan fingerprint density at radius 2 is 1.83 bits per heavy atom. The average molecular weight is 436 g/mol. The molecule has 10 nitrogen and oxygen atoms in total. The highest BCUT2D eigenvalue weighted by Crippen LogP contribution is 2.19. The summed E-state index contributed by atoms with van der Waals surface area (Å²) in [5, 5.41) is 16.8. The molecule has 11 heteroatoms. The molecule has 0 aliphatic rings. The summed E-state index contributed by atoms with van der Waals surface area (Å²) in [5.74, 6) is -2.91. The molecular formula is C19H25N5O5S. The molecule has 0 bridgehead atoms. The minimum Gasteiger partial charge on any atom is -0.480 e. The lowest BCUT2D eigenvalue weighted by Crippen LogP contribution is -2.56. The van der Waals surface area contributed by atoms with E-state index in [0.717, 1.165) is 16.5 Å². The highest BCUT2D eigenvalue weighted by molar-refractivity contribution is 7.80. The molecule has 0 radical (unpaired) electrons. The summed E-state index contributed by atoms with van der Waals surface area (Å²) in [6.07, 6.45) is 1.91. The van der Waals surface area contributed by atoms with Crippen molar-refractivity contribution < 1.29 is 24.3 Å². The number of carboxylic acids is 1. The molecular weight excluding hydrogens is 410 g/mol. The molecule has 0 saturated heterocycles. The zero-order valence-electron chi connectivity index (χ0n) is 16.3. The Balaban J connectivity index is 2.15. The lowest BCUT2D eigenvalue weighted by molar-refractivity contribution is -0.138. The lowest BCUT2D eigenvalue weighted by atomic mass is 10.0. The van der Waals surface area contributed by atoms with Crippen molar-refractivity contribution in [2.45, 2.75) is 31.5 Å². The molecule has 2 aromatic rings. The minimum absolute atomic E-state index is 0.0985. The Morgan fingerprint density at radius 1 is 1.13 bits per heavy atom. The Kier molecular flexibility index (Phi) is 8.25. The topological polar surface area (TPSA) is 166 Å². The van der Waals surface area contributed by atoms with Gasteiger partial charge < -0.3 is 31.8 Å². The number of nitrogens with one attached hydrogen (secondary N) is 4. The molecule has 1 aromatic heterocycles. The van der Waals surface area contributed by atoms with Gasteiger partial charge in [-0.2, -0.15) is 12.6 Å². The number of aromatic nitrogens is 1. The molecule has 7 N–H and O–H groups in total. The van der Waals surface area contributed by atoms with Crippen molar-refractivity contribution in [3.63, 3.8) is 0 Å². The first kappa shape index (κ1) is 23.2. The zero-order chi connectivity index (χ0) is 22.3. The number of benzene rings is 1. The van der Waals surface area contributed by atoms with Crippen molar-refractivity contribution in [3.8, 4) is 0 Å². The monoisotopic (exact) mass is 435 g/mol. The molecule has 3 amide bonds. The van der Waals surface area contributed by atoms with Gasteiger partial charge in [-0.25, -0.2) is 0 Å². The number of thiol groups is 1. The number of aliphatic carboxylic acids is 1. The SMILES string of the molecule is CC(NC(=O)C(Cc1c[nH]c2ccccc12)NC(=O)C(N)CS)C(=O)NCC(=O)O. The predicted octanol–water partition coefficient (Wildman–Crippen LogP) is -0.842. The Labute approximate surface area is 178 Å². The van der Waals surface area contributed by atoms with Crippen LogP contribution in [0.1, 0.15) is 12.5 Å². The summed E-state index contributed by atoms with van der Waals surface area (Å²) in [4.78, 5) is 50.7. The van der Waals surface area contributed by atoms with Crippen LogP contribution in [0.5, 0.6) is 0 Å². The van der Waals surface area contributed by atoms with Crippen molar-refractivity contribution in [2.24, 2.45) is 5.73 Å². The third-order valence-corrected chi connectivity index (χ3v) is 4.82. The van der Waals surface area contributed by atoms with Crippen LogP contribution in [-0.4, -0.2) is 64.2 Å². The summed E-state index contributed by atoms with van der Waals surface area (Å²) in [6, 6.07) is 4.60. The van der Waals surface area contributed by atoms with Crippen LogP contribution >= 0.6 is 12.6 Å². The quantitative estimate of drug-likeness (QED) is 0.240. The van der Waals surface area contributed by atoms with E-state index >= 15 is 0 Å². The van der Waals surface area contributed by atoms with E-state index in [1.54, 1.807) is 6.20 Å². The van der Waals surface area contributed by atoms with Crippen LogP contribution in [0.4, 0.5) is 0 Å². The normalized spacial score (nSPS) is 13.8. The van der Waals surface area contributed by atoms with Gasteiger partial charge in [-0.15, -0.1) is 0 Å². The van der Waals surface area contributed by atoms with E-state index in [2.05, 4.69) is 33.6 Å². The number of hydrogen-bond donors (Lipinski definition) is 7. The van der Waals surface area contributed by atoms with Gasteiger partial charge in [0.15, 0.2) is 0 Å². The number of carbonyl (C=O) groups is 4. The number of H-pyrrole nitrogens is 1. The maximum atomic E-state index is 12.8. The van der Waals surface area contributed by atoms with Crippen LogP contribution in [0.3, 0.4) is 0 Å². The molecule has 3 unspecified atom stereocenters. The fourth-order valence-electron chi connectivity index (χ4n) is 2.79. The molecule has 0 spiro atoms. The summed E-state index contributed by atoms with van der Waals surface area (Å²) in [7, 11) is 0. The molecule has 0 saturated carbocycles. The fraction of sp³-hybridized carbons (Fsp3) is 0.368. The second-order valence-corrected chi connectivity index (χ2v) is 7.12. The number of fused-ring (bicyclic) bond motifs is 1. The van der Waals surface area contributed by atoms with Gasteiger partial charge >= 0.3 is 5.97 Å². The molecule has 2 rings (SSSR count). The fourth-order valence-corrected chi connectivity index (χ4v) is 2.95. The zero-order valence-corrected chi connectivity index (χ0v) is 17.2. The number of nitrogens with two attached hydrogens (primary N) is 1. The maximum absolute atomic E-state index is 12.8. The first-order valence-corrected chi connectivity index (χ1v) is 9.87. The number of amides is 3. The molecule has 0 aliphatic heterocycles. The van der Waals surface area contributed by atoms with Crippen molar-refractivity contribution in [1.29, 1.82) is 0 Å². The Hall–Kier alpha value is -3.05. The van der Waals surface area contributed by atoms with Crippen LogP contribution in [0.2, 0.25) is 0 Å². The van der Waals surface area contributed by atoms with E-state index < -0.39 is 48.4 Å². The standard InChI is InChI=1S/C19H25N5O5S/c1-10(17(27)22-8-16(25)26)23-19(29)15(24-18(28)13(20)9-30)6-11-7-21-14-5-3-2-4-12(11)14/h2-5,7,10,13,15,21,30H,6,8-9,20H2,1H3,(H,22,27)(H,23,29)(H,24,28)(H,25,26). The minimum atomic E-state index is -1.20. The highest BCUT2D eigenvalue weighted by atomic mass is 32.1. The molecule has 162 valence electrons. The molecule has 1 heterocycles. The van der Waals surface area contributed by atoms with Crippen LogP contribution in [0, 0.1) is 0 Å². The molecule has 1 aromatic carbocycles. The van der Waals surface area contributed by atoms with Crippen molar-refractivity contribution in [2.75, 3.05) is 12.3 Å². The smallest absolute Gasteiger partial charge is 0.322 e. The number of carbonyl (C=O) groups excluding carboxylic acids is 3. The van der Waals surface area contributed by atoms with Crippen LogP contribution in [0.25, 0.3) is 10.9 Å². The maximum Gasteiger partial charge on any atom is 0.322 e. The average Bonchev–Trinajstić information content (AvgIpc) is 3.13. The van der Waals surface area contributed by atoms with Crippen LogP contribution in [0.15, 0.2) is 30.5 Å². The van der Waals surface area contributed by atoms with Crippen molar-refractivity contribution in [1.82, 2.24) is 20.9 Å². The number of hydrogen-bond acceptors (Lipinski definition) is 6. The van der Waals surface area contributed by atoms with E-state index in [9.17, 15) is 19.2 Å². The Bertz CT molecular complexity index is 931. The van der Waals surface area contributed by atoms with E-state index in [1.165, 1.54) is 6.92 Å². The van der Waals surface area contributed by atoms with Crippen molar-refractivity contribution >= 4 is 47.2 Å². The van der Waals surface area contributed by atoms with Gasteiger partial charge in [0.25, 0.3) is 0 Å². The third kappa shape index (κ3) is 6.22. The second-order valence-electron chi connectivity index (χ2n) is 6.76. The molecule has 0 aliphatic carbocycles. The number of rotatable bonds is 10. The van der Waals surface area contributed by atoms with E-state index in [0.29, 0.717) is 0 Å². The Morgan fingerprint density at radius 3 is 2.50 bits per heavy atom. The first-order chi connectivity index (χ1) is 14.2. The number of aromatic amines is 1. The van der Waals surface area contributed by atoms with Gasteiger partial charge in [0, 0.05) is 29.3 Å². The van der Waals surface area contributed by atoms with Gasteiger partial charge in [0.1, 0.15) is 18.6 Å². The summed E-state index contributed by atoms with van der Waals surface area (Å²) in [6.45, 7) is 0.852. The summed E-state index contributed by atoms with van der Waals surface area (Å²) < 4.78 is 0. The highest BCUT2D eigenvalue weighted by Gasteiger charge is 2.27. The van der Waals surface area contributed by atoms with E-state index in [4.69, 9.17) is 10.8 Å². The first-order valence-electron chi connectivity index (χ1n) is 9.24. The largest absolute Gasteiger partial charge is 0.480 e. The van der Waals surface area contributed by atoms with Gasteiger partial charge in [-0.05, 0) is 18.6 Å². The molecule has 30 heavy (non-hydrogen) atoms. The molecule has 3 atom stereocenters. The lowest BCUT2D eigenvalue weighted by Gasteiger charge is -2.22. The predicted molar refractivity (Wildman–Crippen MR) is 114 cm³/mol. The second kappa shape index (κ2) is 10.6. The number of carboxylic acid groups (broad SMARTS) is 1. The van der Waals surface area contributed by atoms with Gasteiger partial charge in [-0.1, -0.05) is 18.2 Å². The van der Waals surface area contributed by atoms with E-state index in [1.807, 2.05) is 24.3 Å². The molecule has 0 fully saturated rings. The summed E-state index contributed by atoms with van der Waals surface area (Å²) in [5.41, 5.74) is 7.38. The van der Waals surface area contributed by atoms with Gasteiger partial charge in [0.2, 0.25) is 17.7 Å². The van der Waals surface area contributed by atoms with E-state index in [-0.39, 0.29) is 12.2 Å². The van der Waals surface area contributed by atoms with Crippen LogP contribution < -0.4 is 21.7 Å².